The molecule has 0 aromatic rings. The van der Waals surface area contributed by atoms with Crippen LogP contribution in [-0.2, 0) is 47.4 Å². The van der Waals surface area contributed by atoms with Crippen molar-refractivity contribution in [2.45, 2.75) is 220 Å². The van der Waals surface area contributed by atoms with Crippen LogP contribution in [0.5, 0.6) is 0 Å². The molecular weight excluding hydrogens is 871 g/mol. The van der Waals surface area contributed by atoms with Gasteiger partial charge in [0.2, 0.25) is 0 Å². The molecule has 0 spiro atoms. The fourth-order valence-electron chi connectivity index (χ4n) is 12.3. The van der Waals surface area contributed by atoms with Gasteiger partial charge < -0.3 is 72.9 Å². The van der Waals surface area contributed by atoms with Crippen LogP contribution >= 0.6 is 0 Å². The van der Waals surface area contributed by atoms with Gasteiger partial charge in [-0.15, -0.1) is 0 Å². The summed E-state index contributed by atoms with van der Waals surface area (Å²) in [6.07, 6.45) is 8.57. The monoisotopic (exact) mass is 944 g/mol. The Bertz CT molecular complexity index is 1770. The third kappa shape index (κ3) is 9.25. The highest BCUT2D eigenvalue weighted by atomic mass is 16.8. The first-order valence-electron chi connectivity index (χ1n) is 24.2. The highest BCUT2D eigenvalue weighted by molar-refractivity contribution is 5.23. The van der Waals surface area contributed by atoms with Crippen LogP contribution in [0.25, 0.3) is 0 Å². The summed E-state index contributed by atoms with van der Waals surface area (Å²) in [7, 11) is 0. The summed E-state index contributed by atoms with van der Waals surface area (Å²) < 4.78 is 62.2. The zero-order valence-electron chi connectivity index (χ0n) is 40.3. The molecule has 18 nitrogen and oxygen atoms in total. The lowest BCUT2D eigenvalue weighted by Crippen LogP contribution is -2.63. The lowest BCUT2D eigenvalue weighted by atomic mass is 9.87. The Morgan fingerprint density at radius 1 is 0.299 bits per heavy atom. The lowest BCUT2D eigenvalue weighted by Gasteiger charge is -2.47. The van der Waals surface area contributed by atoms with E-state index in [1.165, 1.54) is 0 Å². The number of hydrogen-bond donors (Lipinski definition) is 5. The average Bonchev–Trinajstić information content (AvgIpc) is 4.01. The van der Waals surface area contributed by atoms with Gasteiger partial charge in [-0.05, 0) is 69.2 Å². The maximum atomic E-state index is 12.3. The Morgan fingerprint density at radius 3 is 0.746 bits per heavy atom. The summed E-state index contributed by atoms with van der Waals surface area (Å²) in [5.74, 6) is -4.55. The van der Waals surface area contributed by atoms with Crippen molar-refractivity contribution in [1.82, 2.24) is 14.7 Å². The second kappa shape index (κ2) is 17.3. The smallest absolute Gasteiger partial charge is 0.164 e. The third-order valence-corrected chi connectivity index (χ3v) is 15.0. The van der Waals surface area contributed by atoms with Crippen LogP contribution in [0, 0.1) is 0 Å². The van der Waals surface area contributed by atoms with Crippen LogP contribution in [0.1, 0.15) is 69.2 Å². The Hall–Kier alpha value is -2.02. The summed E-state index contributed by atoms with van der Waals surface area (Å²) >= 11 is 0. The van der Waals surface area contributed by atoms with E-state index < -0.39 is 151 Å². The molecule has 0 bridgehead atoms. The van der Waals surface area contributed by atoms with Crippen LogP contribution < -0.4 is 0 Å². The molecule has 5 heterocycles. The Morgan fingerprint density at radius 2 is 0.507 bits per heavy atom. The van der Waals surface area contributed by atoms with Crippen molar-refractivity contribution in [3.05, 3.63) is 60.8 Å². The third-order valence-electron chi connectivity index (χ3n) is 15.0. The van der Waals surface area contributed by atoms with Crippen molar-refractivity contribution >= 4 is 0 Å². The molecule has 0 unspecified atom stereocenters. The number of hydrogen-bond acceptors (Lipinski definition) is 18. The van der Waals surface area contributed by atoms with Crippen molar-refractivity contribution in [3.8, 4) is 0 Å². The van der Waals surface area contributed by atoms with Crippen molar-refractivity contribution in [2.75, 3.05) is 26.2 Å². The molecule has 0 aromatic heterocycles. The standard InChI is InChI=1S/C49H73N3O15/c1-45(2)58-30-16-11-25(35(53)40(30)63-45)50(21-23-51(26-12-17-31-41(36(26)54)64-46(3,4)59-31)27-13-18-32-42(37(27)55)65-47(5,6)60-32)22-24-52(28-14-19-33-43(38(28)56)66-48(7,8)61-33)29-15-20-34-44(39(29)57)67-49(9,10)62-34/h11-20,25-44,53-57H,21-24H2,1-10H3/t25-,26-,27-,28-,29-,30+,31+,32+,33+,34+,35+,36+,37+,38+,39+,40+,41+,42+,43+,44+/m0/s1. The molecule has 0 saturated carbocycles. The molecule has 20 atom stereocenters. The molecular formula is C49H73N3O15. The second-order valence-corrected chi connectivity index (χ2v) is 22.2. The van der Waals surface area contributed by atoms with Crippen LogP contribution in [-0.4, -0.2) is 217 Å². The van der Waals surface area contributed by atoms with Crippen molar-refractivity contribution in [1.29, 1.82) is 0 Å². The zero-order chi connectivity index (χ0) is 47.7. The quantitative estimate of drug-likeness (QED) is 0.184. The maximum Gasteiger partial charge on any atom is 0.164 e. The van der Waals surface area contributed by atoms with Gasteiger partial charge in [-0.2, -0.15) is 0 Å². The highest BCUT2D eigenvalue weighted by Gasteiger charge is 2.56. The minimum atomic E-state index is -1.03. The van der Waals surface area contributed by atoms with Gasteiger partial charge in [0.1, 0.15) is 91.6 Å². The first-order valence-corrected chi connectivity index (χ1v) is 24.2. The molecule has 10 rings (SSSR count). The van der Waals surface area contributed by atoms with Gasteiger partial charge >= 0.3 is 0 Å². The minimum Gasteiger partial charge on any atom is -0.388 e. The molecule has 0 aromatic carbocycles. The average molecular weight is 944 g/mol. The molecule has 5 saturated heterocycles. The number of aliphatic hydroxyl groups excluding tert-OH is 5. The number of rotatable bonds is 11. The fourth-order valence-corrected chi connectivity index (χ4v) is 12.3. The minimum absolute atomic E-state index is 0.293. The predicted molar refractivity (Wildman–Crippen MR) is 239 cm³/mol. The molecule has 18 heteroatoms. The summed E-state index contributed by atoms with van der Waals surface area (Å²) in [6, 6.07) is -3.09. The number of fused-ring (bicyclic) bond motifs is 5. The van der Waals surface area contributed by atoms with E-state index in [1.807, 2.05) is 130 Å². The lowest BCUT2D eigenvalue weighted by molar-refractivity contribution is -0.163. The molecule has 5 N–H and O–H groups in total. The van der Waals surface area contributed by atoms with Crippen LogP contribution in [0.2, 0.25) is 0 Å². The summed E-state index contributed by atoms with van der Waals surface area (Å²) in [5, 5.41) is 61.0. The van der Waals surface area contributed by atoms with Crippen molar-refractivity contribution < 1.29 is 72.9 Å². The van der Waals surface area contributed by atoms with Crippen LogP contribution in [0.15, 0.2) is 60.8 Å². The maximum absolute atomic E-state index is 12.3. The Balaban J connectivity index is 0.982. The second-order valence-electron chi connectivity index (χ2n) is 22.2. The van der Waals surface area contributed by atoms with Crippen LogP contribution in [0.3, 0.4) is 0 Å². The summed E-state index contributed by atoms with van der Waals surface area (Å²) in [5.41, 5.74) is 0. The van der Waals surface area contributed by atoms with E-state index in [1.54, 1.807) is 0 Å². The summed E-state index contributed by atoms with van der Waals surface area (Å²) in [4.78, 5) is 6.30. The van der Waals surface area contributed by atoms with Crippen molar-refractivity contribution in [2.24, 2.45) is 0 Å². The molecule has 0 radical (unpaired) electrons. The van der Waals surface area contributed by atoms with Gasteiger partial charge in [0.25, 0.3) is 0 Å². The molecule has 67 heavy (non-hydrogen) atoms. The van der Waals surface area contributed by atoms with E-state index in [-0.39, 0.29) is 0 Å². The van der Waals surface area contributed by atoms with Gasteiger partial charge in [-0.25, -0.2) is 0 Å². The van der Waals surface area contributed by atoms with E-state index in [0.717, 1.165) is 0 Å². The Labute approximate surface area is 393 Å². The molecule has 5 aliphatic carbocycles. The first kappa shape index (κ1) is 48.6. The zero-order valence-corrected chi connectivity index (χ0v) is 40.3. The molecule has 5 aliphatic heterocycles. The largest absolute Gasteiger partial charge is 0.388 e. The van der Waals surface area contributed by atoms with E-state index in [0.29, 0.717) is 26.2 Å². The van der Waals surface area contributed by atoms with Crippen LogP contribution in [0.4, 0.5) is 0 Å². The molecule has 374 valence electrons. The Kier molecular flexibility index (Phi) is 12.6. The van der Waals surface area contributed by atoms with E-state index in [4.69, 9.17) is 47.4 Å². The van der Waals surface area contributed by atoms with Gasteiger partial charge in [-0.3, -0.25) is 14.7 Å². The fraction of sp³-hybridized carbons (Fsp3) is 0.796. The SMILES string of the molecule is CC1(C)O[C@H]2[C@H](O)[C@@H](N(CCN([C@H]3C=C[C@H]4OC(C)(C)O[C@H]4[C@@H]3O)[C@H]3C=C[C@H]4OC(C)(C)O[C@H]4[C@@H]3O)CCN([C@H]3C=C[C@H]4OC(C)(C)O[C@H]4[C@@H]3O)[C@H]3C=C[C@H]4OC(C)(C)O[C@H]4[C@@H]3O)C=C[C@H]2O1. The van der Waals surface area contributed by atoms with Gasteiger partial charge in [0.15, 0.2) is 28.9 Å². The normalized spacial score (nSPS) is 48.0. The van der Waals surface area contributed by atoms with E-state index >= 15 is 0 Å². The van der Waals surface area contributed by atoms with Gasteiger partial charge in [-0.1, -0.05) is 60.8 Å². The number of nitrogens with zero attached hydrogens (tertiary/aromatic N) is 3. The first-order chi connectivity index (χ1) is 31.4. The van der Waals surface area contributed by atoms with Gasteiger partial charge in [0.05, 0.1) is 30.2 Å². The molecule has 10 aliphatic rings. The number of ether oxygens (including phenoxy) is 10. The summed E-state index contributed by atoms with van der Waals surface area (Å²) in [6.45, 7) is 19.5. The topological polar surface area (TPSA) is 203 Å². The van der Waals surface area contributed by atoms with E-state index in [9.17, 15) is 25.5 Å². The highest BCUT2D eigenvalue weighted by Crippen LogP contribution is 2.42. The van der Waals surface area contributed by atoms with Gasteiger partial charge in [0, 0.05) is 26.2 Å². The molecule has 0 amide bonds. The predicted octanol–water partition coefficient (Wildman–Crippen LogP) is 0.989. The number of aliphatic hydroxyl groups is 5. The molecule has 5 fully saturated rings. The van der Waals surface area contributed by atoms with Crippen molar-refractivity contribution in [3.63, 3.8) is 0 Å². The van der Waals surface area contributed by atoms with E-state index in [2.05, 4.69) is 14.7 Å².